The minimum atomic E-state index is -4.90. The minimum Gasteiger partial charge on any atom is -0.394 e. The number of aliphatic hydroxyl groups excluding tert-OH is 5. The Morgan fingerprint density at radius 1 is 1.06 bits per heavy atom. The summed E-state index contributed by atoms with van der Waals surface area (Å²) in [5.41, 5.74) is -1.14. The van der Waals surface area contributed by atoms with E-state index in [0.29, 0.717) is 5.56 Å². The van der Waals surface area contributed by atoms with Crippen molar-refractivity contribution >= 4 is 5.91 Å². The summed E-state index contributed by atoms with van der Waals surface area (Å²) in [7, 11) is 1.42. The van der Waals surface area contributed by atoms with Crippen LogP contribution in [0.15, 0.2) is 42.5 Å². The number of benzene rings is 2. The van der Waals surface area contributed by atoms with E-state index in [1.54, 1.807) is 0 Å². The van der Waals surface area contributed by atoms with E-state index in [4.69, 9.17) is 4.74 Å². The topological polar surface area (TPSA) is 139 Å². The van der Waals surface area contributed by atoms with E-state index in [0.717, 1.165) is 12.1 Å². The van der Waals surface area contributed by atoms with Crippen LogP contribution in [-0.2, 0) is 10.9 Å². The van der Waals surface area contributed by atoms with Gasteiger partial charge in [-0.25, -0.2) is 0 Å². The molecule has 0 bridgehead atoms. The summed E-state index contributed by atoms with van der Waals surface area (Å²) in [6.07, 6.45) is -15.6. The van der Waals surface area contributed by atoms with Gasteiger partial charge in [0.05, 0.1) is 12.2 Å². The number of amides is 1. The number of aliphatic hydroxyl groups is 5. The molecule has 3 rings (SSSR count). The fraction of sp³-hybridized carbons (Fsp3) is 0.409. The first-order valence-corrected chi connectivity index (χ1v) is 10.0. The summed E-state index contributed by atoms with van der Waals surface area (Å²) in [5, 5.41) is 52.4. The first-order valence-electron chi connectivity index (χ1n) is 10.0. The molecular formula is C22H24F3NO7. The number of ether oxygens (including phenoxy) is 1. The molecule has 1 aliphatic heterocycles. The highest BCUT2D eigenvalue weighted by atomic mass is 19.4. The number of rotatable bonds is 5. The van der Waals surface area contributed by atoms with Gasteiger partial charge in [0.1, 0.15) is 36.6 Å². The molecule has 1 amide bonds. The molecule has 180 valence electrons. The molecule has 2 aromatic carbocycles. The van der Waals surface area contributed by atoms with E-state index >= 15 is 0 Å². The molecule has 0 aliphatic carbocycles. The highest BCUT2D eigenvalue weighted by Crippen LogP contribution is 2.40. The zero-order valence-corrected chi connectivity index (χ0v) is 17.4. The molecule has 1 fully saturated rings. The van der Waals surface area contributed by atoms with E-state index in [2.05, 4.69) is 5.32 Å². The second-order valence-electron chi connectivity index (χ2n) is 7.70. The van der Waals surface area contributed by atoms with Crippen LogP contribution in [0.5, 0.6) is 0 Å². The van der Waals surface area contributed by atoms with Crippen molar-refractivity contribution in [2.45, 2.75) is 42.8 Å². The average Bonchev–Trinajstić information content (AvgIpc) is 2.81. The maximum absolute atomic E-state index is 13.9. The summed E-state index contributed by atoms with van der Waals surface area (Å²) in [4.78, 5) is 11.9. The number of nitrogens with one attached hydrogen (secondary N) is 1. The smallest absolute Gasteiger partial charge is 0.394 e. The largest absolute Gasteiger partial charge is 0.416 e. The van der Waals surface area contributed by atoms with Crippen LogP contribution in [0.3, 0.4) is 0 Å². The molecule has 0 spiro atoms. The van der Waals surface area contributed by atoms with Crippen LogP contribution in [0.2, 0.25) is 0 Å². The Bertz CT molecular complexity index is 998. The molecule has 2 aromatic rings. The Labute approximate surface area is 186 Å². The van der Waals surface area contributed by atoms with Gasteiger partial charge < -0.3 is 35.6 Å². The Balaban J connectivity index is 2.02. The summed E-state index contributed by atoms with van der Waals surface area (Å²) in [6, 6.07) is 9.08. The summed E-state index contributed by atoms with van der Waals surface area (Å²) in [5.74, 6) is -0.414. The summed E-state index contributed by atoms with van der Waals surface area (Å²) in [6.45, 7) is -0.791. The van der Waals surface area contributed by atoms with Crippen LogP contribution >= 0.6 is 0 Å². The first-order chi connectivity index (χ1) is 15.5. The van der Waals surface area contributed by atoms with Crippen molar-refractivity contribution in [1.82, 2.24) is 5.32 Å². The Hall–Kier alpha value is -2.54. The molecule has 0 saturated carbocycles. The van der Waals surface area contributed by atoms with Crippen molar-refractivity contribution < 1.29 is 48.2 Å². The zero-order chi connectivity index (χ0) is 24.5. The van der Waals surface area contributed by atoms with Crippen LogP contribution in [0.1, 0.15) is 27.6 Å². The van der Waals surface area contributed by atoms with Crippen LogP contribution in [0.4, 0.5) is 13.2 Å². The van der Waals surface area contributed by atoms with Crippen LogP contribution in [-0.4, -0.2) is 75.6 Å². The number of carbonyl (C=O) groups is 1. The quantitative estimate of drug-likeness (QED) is 0.376. The Kier molecular flexibility index (Phi) is 7.42. The second kappa shape index (κ2) is 9.75. The number of hydrogen-bond donors (Lipinski definition) is 6. The van der Waals surface area contributed by atoms with Crippen molar-refractivity contribution in [2.24, 2.45) is 0 Å². The second-order valence-corrected chi connectivity index (χ2v) is 7.70. The summed E-state index contributed by atoms with van der Waals surface area (Å²) >= 11 is 0. The monoisotopic (exact) mass is 471 g/mol. The maximum Gasteiger partial charge on any atom is 0.416 e. The standard InChI is InChI=1S/C22H24F3NO7/c1-26-21(32)12-4-2-3-10(7-12)11-5-6-13(14(8-11)22(23,24)25)16(28)20-19(31)18(30)17(29)15(9-27)33-20/h2-8,15-20,27-31H,9H2,1H3,(H,26,32)/t15-,16-,17-,18+,19+,20-/m1/s1. The van der Waals surface area contributed by atoms with Gasteiger partial charge in [-0.05, 0) is 34.9 Å². The third-order valence-corrected chi connectivity index (χ3v) is 5.60. The molecule has 0 radical (unpaired) electrons. The predicted molar refractivity (Wildman–Crippen MR) is 109 cm³/mol. The Morgan fingerprint density at radius 2 is 1.73 bits per heavy atom. The average molecular weight is 471 g/mol. The van der Waals surface area contributed by atoms with Crippen molar-refractivity contribution in [3.63, 3.8) is 0 Å². The molecule has 11 heteroatoms. The van der Waals surface area contributed by atoms with E-state index in [9.17, 15) is 43.5 Å². The maximum atomic E-state index is 13.9. The number of hydrogen-bond acceptors (Lipinski definition) is 7. The lowest BCUT2D eigenvalue weighted by molar-refractivity contribution is -0.250. The van der Waals surface area contributed by atoms with E-state index < -0.39 is 66.4 Å². The highest BCUT2D eigenvalue weighted by Gasteiger charge is 2.48. The molecular weight excluding hydrogens is 447 g/mol. The van der Waals surface area contributed by atoms with Crippen molar-refractivity contribution in [3.8, 4) is 11.1 Å². The highest BCUT2D eigenvalue weighted by molar-refractivity contribution is 5.95. The molecule has 0 unspecified atom stereocenters. The fourth-order valence-electron chi connectivity index (χ4n) is 3.79. The van der Waals surface area contributed by atoms with Gasteiger partial charge in [-0.15, -0.1) is 0 Å². The lowest BCUT2D eigenvalue weighted by Crippen LogP contribution is -2.60. The van der Waals surface area contributed by atoms with Crippen LogP contribution in [0, 0.1) is 0 Å². The van der Waals surface area contributed by atoms with Gasteiger partial charge in [0, 0.05) is 12.6 Å². The fourth-order valence-corrected chi connectivity index (χ4v) is 3.79. The molecule has 0 aromatic heterocycles. The third-order valence-electron chi connectivity index (χ3n) is 5.60. The van der Waals surface area contributed by atoms with Crippen molar-refractivity contribution in [1.29, 1.82) is 0 Å². The summed E-state index contributed by atoms with van der Waals surface area (Å²) < 4.78 is 46.9. The van der Waals surface area contributed by atoms with Crippen molar-refractivity contribution in [2.75, 3.05) is 13.7 Å². The Morgan fingerprint density at radius 3 is 2.33 bits per heavy atom. The lowest BCUT2D eigenvalue weighted by Gasteiger charge is -2.42. The van der Waals surface area contributed by atoms with E-state index in [-0.39, 0.29) is 11.1 Å². The molecule has 6 N–H and O–H groups in total. The van der Waals surface area contributed by atoms with E-state index in [1.165, 1.54) is 37.4 Å². The van der Waals surface area contributed by atoms with Gasteiger partial charge in [-0.2, -0.15) is 13.2 Å². The van der Waals surface area contributed by atoms with Crippen molar-refractivity contribution in [3.05, 3.63) is 59.2 Å². The molecule has 8 nitrogen and oxygen atoms in total. The SMILES string of the molecule is CNC(=O)c1cccc(-c2ccc([C@@H](O)[C@H]3O[C@H](CO)[C@@H](O)[C@H](O)[C@@H]3O)c(C(F)(F)F)c2)c1. The zero-order valence-electron chi connectivity index (χ0n) is 17.4. The first kappa shape index (κ1) is 25.1. The molecule has 1 heterocycles. The van der Waals surface area contributed by atoms with E-state index in [1.807, 2.05) is 0 Å². The lowest BCUT2D eigenvalue weighted by atomic mass is 9.87. The molecule has 1 saturated heterocycles. The van der Waals surface area contributed by atoms with Gasteiger partial charge in [-0.1, -0.05) is 24.3 Å². The third kappa shape index (κ3) is 5.03. The van der Waals surface area contributed by atoms with Crippen LogP contribution < -0.4 is 5.32 Å². The number of alkyl halides is 3. The number of halogens is 3. The van der Waals surface area contributed by atoms with Gasteiger partial charge in [0.2, 0.25) is 0 Å². The molecule has 33 heavy (non-hydrogen) atoms. The van der Waals surface area contributed by atoms with Crippen LogP contribution in [0.25, 0.3) is 11.1 Å². The minimum absolute atomic E-state index is 0.123. The van der Waals surface area contributed by atoms with Gasteiger partial charge in [0.25, 0.3) is 5.91 Å². The van der Waals surface area contributed by atoms with Gasteiger partial charge in [0.15, 0.2) is 0 Å². The molecule has 1 aliphatic rings. The normalized spacial score (nSPS) is 26.6. The predicted octanol–water partition coefficient (Wildman–Crippen LogP) is 0.608. The molecule has 6 atom stereocenters. The van der Waals surface area contributed by atoms with Gasteiger partial charge in [-0.3, -0.25) is 4.79 Å². The van der Waals surface area contributed by atoms with Gasteiger partial charge >= 0.3 is 6.18 Å². The number of carbonyl (C=O) groups excluding carboxylic acids is 1.